The number of aliphatic hydroxyl groups is 1. The number of rotatable bonds is 9. The van der Waals surface area contributed by atoms with Gasteiger partial charge in [-0.3, -0.25) is 19.1 Å². The second-order valence-corrected chi connectivity index (χ2v) is 9.87. The van der Waals surface area contributed by atoms with Gasteiger partial charge in [0.1, 0.15) is 5.82 Å². The molecule has 1 aliphatic rings. The van der Waals surface area contributed by atoms with E-state index >= 15 is 0 Å². The molecule has 0 atom stereocenters. The van der Waals surface area contributed by atoms with E-state index in [1.165, 1.54) is 6.07 Å². The summed E-state index contributed by atoms with van der Waals surface area (Å²) in [6.07, 6.45) is 2.66. The highest BCUT2D eigenvalue weighted by molar-refractivity contribution is 6.13. The average molecular weight is 560 g/mol. The first-order valence-electron chi connectivity index (χ1n) is 13.4. The molecular weight excluding hydrogens is 529 g/mol. The Balaban J connectivity index is 1.48. The second kappa shape index (κ2) is 12.2. The molecule has 3 aromatic carbocycles. The van der Waals surface area contributed by atoms with Crippen LogP contribution in [0.5, 0.6) is 0 Å². The van der Waals surface area contributed by atoms with E-state index in [2.05, 4.69) is 20.6 Å². The lowest BCUT2D eigenvalue weighted by Gasteiger charge is -2.30. The van der Waals surface area contributed by atoms with Gasteiger partial charge in [0.25, 0.3) is 11.8 Å². The smallest absolute Gasteiger partial charge is 0.307 e. The largest absolute Gasteiger partial charge is 0.481 e. The number of piperidine rings is 1. The van der Waals surface area contributed by atoms with Gasteiger partial charge in [-0.05, 0) is 67.3 Å². The summed E-state index contributed by atoms with van der Waals surface area (Å²) in [6, 6.07) is 15.8. The number of aliphatic carboxylic acids is 1. The van der Waals surface area contributed by atoms with Crippen molar-refractivity contribution in [3.8, 4) is 0 Å². The van der Waals surface area contributed by atoms with Gasteiger partial charge < -0.3 is 25.7 Å². The number of nitrogens with zero attached hydrogens (tertiary/aromatic N) is 3. The molecule has 4 N–H and O–H groups in total. The van der Waals surface area contributed by atoms with Crippen molar-refractivity contribution in [3.05, 3.63) is 83.3 Å². The third-order valence-corrected chi connectivity index (χ3v) is 7.05. The van der Waals surface area contributed by atoms with Crippen LogP contribution in [0.2, 0.25) is 0 Å². The highest BCUT2D eigenvalue weighted by Gasteiger charge is 2.22. The Bertz CT molecular complexity index is 1610. The number of carbonyl (C=O) groups excluding carboxylic acids is 2. The van der Waals surface area contributed by atoms with Gasteiger partial charge in [-0.2, -0.15) is 5.10 Å². The Hall–Kier alpha value is -4.77. The molecule has 0 aliphatic carbocycles. The number of carboxylic acids is 1. The molecule has 1 aliphatic heterocycles. The lowest BCUT2D eigenvalue weighted by atomic mass is 10.1. The van der Waals surface area contributed by atoms with Crippen LogP contribution < -0.4 is 15.5 Å². The van der Waals surface area contributed by atoms with Crippen LogP contribution in [0.15, 0.2) is 60.7 Å². The molecule has 0 radical (unpaired) electrons. The van der Waals surface area contributed by atoms with Crippen molar-refractivity contribution in [2.75, 3.05) is 35.2 Å². The molecule has 11 heteroatoms. The maximum Gasteiger partial charge on any atom is 0.307 e. The second-order valence-electron chi connectivity index (χ2n) is 9.87. The summed E-state index contributed by atoms with van der Waals surface area (Å²) in [4.78, 5) is 40.3. The zero-order valence-corrected chi connectivity index (χ0v) is 22.3. The van der Waals surface area contributed by atoms with E-state index in [9.17, 15) is 29.0 Å². The minimum absolute atomic E-state index is 0.134. The van der Waals surface area contributed by atoms with Crippen LogP contribution in [0.1, 0.15) is 45.7 Å². The molecule has 10 nitrogen and oxygen atoms in total. The molecule has 0 bridgehead atoms. The predicted molar refractivity (Wildman–Crippen MR) is 153 cm³/mol. The van der Waals surface area contributed by atoms with Crippen LogP contribution in [0.3, 0.4) is 0 Å². The van der Waals surface area contributed by atoms with E-state index in [0.29, 0.717) is 16.6 Å². The molecule has 2 amide bonds. The predicted octanol–water partition coefficient (Wildman–Crippen LogP) is 4.29. The molecule has 212 valence electrons. The topological polar surface area (TPSA) is 137 Å². The Morgan fingerprint density at radius 2 is 1.66 bits per heavy atom. The number of nitrogens with one attached hydrogen (secondary N) is 2. The number of benzene rings is 3. The standard InChI is InChI=1S/C30H30FN5O5/c31-21-9-10-23(20(16-21)18-27(38)39)32-29(40)19-8-11-26(35-12-4-1-5-13-35)24(17-19)33-30(41)28-22-6-2-3-7-25(22)36(34-28)14-15-37/h2-3,6-11,16-17,37H,1,4-5,12-15,18H2,(H,32,40)(H,33,41)(H,38,39). The van der Waals surface area contributed by atoms with E-state index in [0.717, 1.165) is 50.2 Å². The van der Waals surface area contributed by atoms with Gasteiger partial charge in [-0.25, -0.2) is 4.39 Å². The van der Waals surface area contributed by atoms with Crippen LogP contribution in [0.25, 0.3) is 10.9 Å². The maximum absolute atomic E-state index is 13.8. The van der Waals surface area contributed by atoms with E-state index < -0.39 is 30.0 Å². The zero-order valence-electron chi connectivity index (χ0n) is 22.3. The molecule has 1 fully saturated rings. The van der Waals surface area contributed by atoms with E-state index in [1.54, 1.807) is 28.9 Å². The Morgan fingerprint density at radius 1 is 0.902 bits per heavy atom. The normalized spacial score (nSPS) is 13.3. The van der Waals surface area contributed by atoms with Gasteiger partial charge in [-0.1, -0.05) is 18.2 Å². The number of halogens is 1. The van der Waals surface area contributed by atoms with Crippen molar-refractivity contribution in [1.29, 1.82) is 0 Å². The quantitative estimate of drug-likeness (QED) is 0.240. The zero-order chi connectivity index (χ0) is 28.9. The number of para-hydroxylation sites is 1. The molecule has 5 rings (SSSR count). The molecule has 1 aromatic heterocycles. The lowest BCUT2D eigenvalue weighted by molar-refractivity contribution is -0.136. The van der Waals surface area contributed by atoms with Crippen molar-refractivity contribution in [3.63, 3.8) is 0 Å². The summed E-state index contributed by atoms with van der Waals surface area (Å²) in [6.45, 7) is 1.70. The monoisotopic (exact) mass is 559 g/mol. The van der Waals surface area contributed by atoms with Crippen LogP contribution in [0.4, 0.5) is 21.5 Å². The molecule has 1 saturated heterocycles. The van der Waals surface area contributed by atoms with Gasteiger partial charge in [0, 0.05) is 29.7 Å². The summed E-state index contributed by atoms with van der Waals surface area (Å²) in [5, 5.41) is 29.4. The molecule has 0 spiro atoms. The van der Waals surface area contributed by atoms with Crippen molar-refractivity contribution in [1.82, 2.24) is 9.78 Å². The number of carboxylic acid groups (broad SMARTS) is 1. The fourth-order valence-electron chi connectivity index (χ4n) is 5.12. The summed E-state index contributed by atoms with van der Waals surface area (Å²) in [7, 11) is 0. The summed E-state index contributed by atoms with van der Waals surface area (Å²) in [5.41, 5.74) is 2.64. The number of amides is 2. The van der Waals surface area contributed by atoms with Gasteiger partial charge in [0.15, 0.2) is 5.69 Å². The SMILES string of the molecule is O=C(O)Cc1cc(F)ccc1NC(=O)c1ccc(N2CCCCC2)c(NC(=O)c2nn(CCO)c3ccccc23)c1. The van der Waals surface area contributed by atoms with E-state index in [1.807, 2.05) is 18.2 Å². The van der Waals surface area contributed by atoms with Crippen LogP contribution in [0, 0.1) is 5.82 Å². The number of hydrogen-bond donors (Lipinski definition) is 4. The maximum atomic E-state index is 13.8. The molecule has 4 aromatic rings. The number of aliphatic hydroxyl groups excluding tert-OH is 1. The van der Waals surface area contributed by atoms with E-state index in [-0.39, 0.29) is 35.7 Å². The van der Waals surface area contributed by atoms with Crippen LogP contribution in [-0.2, 0) is 17.8 Å². The third-order valence-electron chi connectivity index (χ3n) is 7.05. The Labute approximate surface area is 235 Å². The number of fused-ring (bicyclic) bond motifs is 1. The average Bonchev–Trinajstić information content (AvgIpc) is 3.33. The van der Waals surface area contributed by atoms with Crippen molar-refractivity contribution in [2.24, 2.45) is 0 Å². The van der Waals surface area contributed by atoms with Crippen LogP contribution in [-0.4, -0.2) is 57.5 Å². The first-order valence-corrected chi connectivity index (χ1v) is 13.4. The molecule has 2 heterocycles. The van der Waals surface area contributed by atoms with Gasteiger partial charge in [0.05, 0.1) is 36.5 Å². The molecule has 0 unspecified atom stereocenters. The number of hydrogen-bond acceptors (Lipinski definition) is 6. The molecular formula is C30H30FN5O5. The van der Waals surface area contributed by atoms with Crippen molar-refractivity contribution in [2.45, 2.75) is 32.2 Å². The highest BCUT2D eigenvalue weighted by atomic mass is 19.1. The minimum atomic E-state index is -1.16. The fraction of sp³-hybridized carbons (Fsp3) is 0.267. The van der Waals surface area contributed by atoms with Gasteiger partial charge >= 0.3 is 5.97 Å². The fourth-order valence-corrected chi connectivity index (χ4v) is 5.12. The van der Waals surface area contributed by atoms with Gasteiger partial charge in [-0.15, -0.1) is 0 Å². The number of aromatic nitrogens is 2. The summed E-state index contributed by atoms with van der Waals surface area (Å²) < 4.78 is 15.3. The lowest BCUT2D eigenvalue weighted by Crippen LogP contribution is -2.30. The molecule has 41 heavy (non-hydrogen) atoms. The number of anilines is 3. The minimum Gasteiger partial charge on any atom is -0.481 e. The Kier molecular flexibility index (Phi) is 8.25. The van der Waals surface area contributed by atoms with Crippen molar-refractivity contribution < 1.29 is 29.0 Å². The number of carbonyl (C=O) groups is 3. The summed E-state index contributed by atoms with van der Waals surface area (Å²) in [5.74, 6) is -2.77. The van der Waals surface area contributed by atoms with Gasteiger partial charge in [0.2, 0.25) is 0 Å². The van der Waals surface area contributed by atoms with Crippen molar-refractivity contribution >= 4 is 45.7 Å². The summed E-state index contributed by atoms with van der Waals surface area (Å²) >= 11 is 0. The third kappa shape index (κ3) is 6.20. The molecule has 0 saturated carbocycles. The first-order chi connectivity index (χ1) is 19.8. The highest BCUT2D eigenvalue weighted by Crippen LogP contribution is 2.31. The Morgan fingerprint density at radius 3 is 2.41 bits per heavy atom. The first kappa shape index (κ1) is 27.8. The van der Waals surface area contributed by atoms with Crippen LogP contribution >= 0.6 is 0 Å². The van der Waals surface area contributed by atoms with E-state index in [4.69, 9.17) is 0 Å².